The quantitative estimate of drug-likeness (QED) is 0.733. The number of benzene rings is 1. The number of nitriles is 1. The summed E-state index contributed by atoms with van der Waals surface area (Å²) in [6, 6.07) is 10.7. The Bertz CT molecular complexity index is 392. The Morgan fingerprint density at radius 3 is 2.87 bits per heavy atom. The van der Waals surface area contributed by atoms with Crippen molar-refractivity contribution in [1.29, 1.82) is 5.26 Å². The molecule has 2 atom stereocenters. The first kappa shape index (κ1) is 10.2. The third-order valence-electron chi connectivity index (χ3n) is 3.36. The molecule has 1 aromatic rings. The predicted octanol–water partition coefficient (Wildman–Crippen LogP) is 2.40. The largest absolute Gasteiger partial charge is 0.296 e. The lowest BCUT2D eigenvalue weighted by atomic mass is 9.91. The molecule has 15 heavy (non-hydrogen) atoms. The zero-order valence-corrected chi connectivity index (χ0v) is 9.27. The molecule has 2 rings (SSSR count). The lowest BCUT2D eigenvalue weighted by molar-refractivity contribution is 0.0306. The molecule has 0 saturated carbocycles. The summed E-state index contributed by atoms with van der Waals surface area (Å²) < 4.78 is 0. The average molecular weight is 200 g/mol. The molecule has 2 heteroatoms. The van der Waals surface area contributed by atoms with Crippen molar-refractivity contribution in [1.82, 2.24) is 4.90 Å². The standard InChI is InChI=1S/C13H16N2/c1-10-8-15(11(10)2)9-13-5-3-4-12(6-13)7-14/h3-6,10-11H,8-9H2,1-2H3/t10-,11-/m0/s1. The molecule has 1 fully saturated rings. The summed E-state index contributed by atoms with van der Waals surface area (Å²) >= 11 is 0. The highest BCUT2D eigenvalue weighted by molar-refractivity contribution is 5.32. The third-order valence-corrected chi connectivity index (χ3v) is 3.36. The summed E-state index contributed by atoms with van der Waals surface area (Å²) in [5.41, 5.74) is 2.00. The highest BCUT2D eigenvalue weighted by Crippen LogP contribution is 2.25. The summed E-state index contributed by atoms with van der Waals surface area (Å²) in [4.78, 5) is 2.45. The van der Waals surface area contributed by atoms with Crippen molar-refractivity contribution in [3.05, 3.63) is 35.4 Å². The van der Waals surface area contributed by atoms with E-state index in [1.165, 1.54) is 12.1 Å². The number of hydrogen-bond donors (Lipinski definition) is 0. The van der Waals surface area contributed by atoms with E-state index in [1.54, 1.807) is 0 Å². The topological polar surface area (TPSA) is 27.0 Å². The Balaban J connectivity index is 2.03. The van der Waals surface area contributed by atoms with Crippen LogP contribution in [-0.2, 0) is 6.54 Å². The first-order valence-corrected chi connectivity index (χ1v) is 5.44. The minimum absolute atomic E-state index is 0.677. The Kier molecular flexibility index (Phi) is 2.75. The van der Waals surface area contributed by atoms with Crippen LogP contribution in [0.1, 0.15) is 25.0 Å². The maximum Gasteiger partial charge on any atom is 0.0991 e. The SMILES string of the molecule is C[C@H]1CN(Cc2cccc(C#N)c2)[C@H]1C. The van der Waals surface area contributed by atoms with Crippen molar-refractivity contribution in [2.75, 3.05) is 6.54 Å². The molecule has 0 spiro atoms. The zero-order valence-electron chi connectivity index (χ0n) is 9.27. The summed E-state index contributed by atoms with van der Waals surface area (Å²) in [5.74, 6) is 0.809. The molecule has 1 saturated heterocycles. The molecule has 1 aliphatic heterocycles. The van der Waals surface area contributed by atoms with Crippen LogP contribution >= 0.6 is 0 Å². The van der Waals surface area contributed by atoms with E-state index in [1.807, 2.05) is 18.2 Å². The van der Waals surface area contributed by atoms with Crippen LogP contribution < -0.4 is 0 Å². The molecule has 0 amide bonds. The van der Waals surface area contributed by atoms with Crippen LogP contribution in [0.2, 0.25) is 0 Å². The highest BCUT2D eigenvalue weighted by Gasteiger charge is 2.31. The second-order valence-corrected chi connectivity index (χ2v) is 4.46. The fourth-order valence-corrected chi connectivity index (χ4v) is 2.09. The van der Waals surface area contributed by atoms with Crippen LogP contribution in [0.4, 0.5) is 0 Å². The summed E-state index contributed by atoms with van der Waals surface area (Å²) in [7, 11) is 0. The second-order valence-electron chi connectivity index (χ2n) is 4.46. The number of rotatable bonds is 2. The van der Waals surface area contributed by atoms with Crippen LogP contribution in [0.3, 0.4) is 0 Å². The van der Waals surface area contributed by atoms with Gasteiger partial charge in [-0.25, -0.2) is 0 Å². The van der Waals surface area contributed by atoms with Gasteiger partial charge in [-0.2, -0.15) is 5.26 Å². The summed E-state index contributed by atoms with van der Waals surface area (Å²) in [5, 5.41) is 8.80. The Morgan fingerprint density at radius 2 is 2.27 bits per heavy atom. The van der Waals surface area contributed by atoms with Crippen LogP contribution in [0.15, 0.2) is 24.3 Å². The van der Waals surface area contributed by atoms with E-state index in [0.29, 0.717) is 6.04 Å². The van der Waals surface area contributed by atoms with Gasteiger partial charge in [0.25, 0.3) is 0 Å². The van der Waals surface area contributed by atoms with Crippen LogP contribution in [0.5, 0.6) is 0 Å². The predicted molar refractivity (Wildman–Crippen MR) is 60.2 cm³/mol. The van der Waals surface area contributed by atoms with Gasteiger partial charge in [0, 0.05) is 19.1 Å². The van der Waals surface area contributed by atoms with E-state index in [-0.39, 0.29) is 0 Å². The van der Waals surface area contributed by atoms with Gasteiger partial charge in [-0.1, -0.05) is 19.1 Å². The van der Waals surface area contributed by atoms with Gasteiger partial charge in [-0.15, -0.1) is 0 Å². The van der Waals surface area contributed by atoms with Crippen LogP contribution in [0.25, 0.3) is 0 Å². The Morgan fingerprint density at radius 1 is 1.47 bits per heavy atom. The smallest absolute Gasteiger partial charge is 0.0991 e. The minimum atomic E-state index is 0.677. The molecule has 0 bridgehead atoms. The lowest BCUT2D eigenvalue weighted by Crippen LogP contribution is -2.52. The molecule has 1 aliphatic rings. The molecular weight excluding hydrogens is 184 g/mol. The fraction of sp³-hybridized carbons (Fsp3) is 0.462. The summed E-state index contributed by atoms with van der Waals surface area (Å²) in [6.07, 6.45) is 0. The molecule has 1 aromatic carbocycles. The van der Waals surface area contributed by atoms with Crippen molar-refractivity contribution in [3.63, 3.8) is 0 Å². The fourth-order valence-electron chi connectivity index (χ4n) is 2.09. The highest BCUT2D eigenvalue weighted by atomic mass is 15.2. The minimum Gasteiger partial charge on any atom is -0.296 e. The van der Waals surface area contributed by atoms with Crippen molar-refractivity contribution in [2.24, 2.45) is 5.92 Å². The number of hydrogen-bond acceptors (Lipinski definition) is 2. The van der Waals surface area contributed by atoms with Crippen LogP contribution in [-0.4, -0.2) is 17.5 Å². The van der Waals surface area contributed by atoms with E-state index in [4.69, 9.17) is 5.26 Å². The monoisotopic (exact) mass is 200 g/mol. The average Bonchev–Trinajstić information content (AvgIpc) is 2.28. The lowest BCUT2D eigenvalue weighted by Gasteiger charge is -2.45. The zero-order chi connectivity index (χ0) is 10.8. The van der Waals surface area contributed by atoms with Crippen molar-refractivity contribution in [3.8, 4) is 6.07 Å². The van der Waals surface area contributed by atoms with Crippen molar-refractivity contribution >= 4 is 0 Å². The summed E-state index contributed by atoms with van der Waals surface area (Å²) in [6.45, 7) is 6.70. The molecule has 0 radical (unpaired) electrons. The van der Waals surface area contributed by atoms with Gasteiger partial charge in [0.2, 0.25) is 0 Å². The van der Waals surface area contributed by atoms with E-state index in [9.17, 15) is 0 Å². The number of nitrogens with zero attached hydrogens (tertiary/aromatic N) is 2. The van der Waals surface area contributed by atoms with Gasteiger partial charge in [-0.3, -0.25) is 4.90 Å². The van der Waals surface area contributed by atoms with Gasteiger partial charge in [-0.05, 0) is 30.5 Å². The molecule has 2 nitrogen and oxygen atoms in total. The van der Waals surface area contributed by atoms with Crippen molar-refractivity contribution in [2.45, 2.75) is 26.4 Å². The second kappa shape index (κ2) is 4.04. The number of likely N-dealkylation sites (tertiary alicyclic amines) is 1. The van der Waals surface area contributed by atoms with E-state index < -0.39 is 0 Å². The molecule has 0 aliphatic carbocycles. The molecule has 78 valence electrons. The van der Waals surface area contributed by atoms with Gasteiger partial charge in [0.05, 0.1) is 11.6 Å². The molecule has 0 N–H and O–H groups in total. The maximum absolute atomic E-state index is 8.80. The molecule has 0 unspecified atom stereocenters. The third kappa shape index (κ3) is 2.03. The molecule has 1 heterocycles. The first-order chi connectivity index (χ1) is 7.20. The normalized spacial score (nSPS) is 25.7. The van der Waals surface area contributed by atoms with Gasteiger partial charge in [0.1, 0.15) is 0 Å². The van der Waals surface area contributed by atoms with Gasteiger partial charge in [0.15, 0.2) is 0 Å². The molecule has 0 aromatic heterocycles. The van der Waals surface area contributed by atoms with E-state index in [0.717, 1.165) is 18.0 Å². The van der Waals surface area contributed by atoms with E-state index >= 15 is 0 Å². The first-order valence-electron chi connectivity index (χ1n) is 5.44. The Labute approximate surface area is 91.1 Å². The molecular formula is C13H16N2. The van der Waals surface area contributed by atoms with Gasteiger partial charge >= 0.3 is 0 Å². The van der Waals surface area contributed by atoms with E-state index in [2.05, 4.69) is 30.9 Å². The maximum atomic E-state index is 8.80. The van der Waals surface area contributed by atoms with Gasteiger partial charge < -0.3 is 0 Å². The van der Waals surface area contributed by atoms with Crippen molar-refractivity contribution < 1.29 is 0 Å². The Hall–Kier alpha value is -1.33. The van der Waals surface area contributed by atoms with Crippen LogP contribution in [0, 0.1) is 17.2 Å².